The number of nitrogens with two attached hydrogens (primary N) is 1. The van der Waals surface area contributed by atoms with E-state index in [0.29, 0.717) is 18.5 Å². The second-order valence-corrected chi connectivity index (χ2v) is 4.77. The van der Waals surface area contributed by atoms with Gasteiger partial charge in [0.1, 0.15) is 5.41 Å². The minimum atomic E-state index is -0.892. The van der Waals surface area contributed by atoms with E-state index in [9.17, 15) is 9.90 Å². The van der Waals surface area contributed by atoms with Gasteiger partial charge in [-0.2, -0.15) is 0 Å². The molecule has 0 amide bonds. The Balaban J connectivity index is 2.35. The molecule has 0 radical (unpaired) electrons. The maximum atomic E-state index is 11.6. The van der Waals surface area contributed by atoms with Crippen LogP contribution in [0.1, 0.15) is 37.1 Å². The number of carboxylic acid groups (broad SMARTS) is 1. The Bertz CT molecular complexity index is 408. The molecule has 92 valence electrons. The summed E-state index contributed by atoms with van der Waals surface area (Å²) in [5.41, 5.74) is 6.29. The first-order chi connectivity index (χ1) is 8.04. The van der Waals surface area contributed by atoms with Gasteiger partial charge in [0.15, 0.2) is 0 Å². The van der Waals surface area contributed by atoms with E-state index in [1.807, 2.05) is 6.92 Å². The summed E-state index contributed by atoms with van der Waals surface area (Å²) in [4.78, 5) is 19.9. The topological polar surface area (TPSA) is 89.1 Å². The van der Waals surface area contributed by atoms with E-state index in [1.54, 1.807) is 12.4 Å². The number of carbonyl (C=O) groups is 1. The van der Waals surface area contributed by atoms with Crippen LogP contribution in [0.4, 0.5) is 0 Å². The standard InChI is InChI=1S/C12H17N3O2/c1-8-6-15-10(7-14-8)12(11(16)17)4-2-9(13)3-5-12/h6-7,9H,2-5,13H2,1H3,(H,16,17). The third kappa shape index (κ3) is 2.15. The summed E-state index contributed by atoms with van der Waals surface area (Å²) in [5.74, 6) is -0.817. The van der Waals surface area contributed by atoms with Gasteiger partial charge in [-0.25, -0.2) is 0 Å². The average molecular weight is 235 g/mol. The van der Waals surface area contributed by atoms with E-state index in [2.05, 4.69) is 9.97 Å². The molecule has 1 heterocycles. The number of hydrogen-bond acceptors (Lipinski definition) is 4. The zero-order valence-electron chi connectivity index (χ0n) is 9.89. The number of rotatable bonds is 2. The molecule has 1 saturated carbocycles. The van der Waals surface area contributed by atoms with Crippen molar-refractivity contribution in [2.24, 2.45) is 5.73 Å². The number of aromatic nitrogens is 2. The van der Waals surface area contributed by atoms with Gasteiger partial charge in [0.25, 0.3) is 0 Å². The van der Waals surface area contributed by atoms with Crippen molar-refractivity contribution in [2.75, 3.05) is 0 Å². The fourth-order valence-corrected chi connectivity index (χ4v) is 2.35. The molecule has 0 atom stereocenters. The number of carboxylic acids is 1. The van der Waals surface area contributed by atoms with Crippen molar-refractivity contribution in [1.29, 1.82) is 0 Å². The first-order valence-corrected chi connectivity index (χ1v) is 5.83. The van der Waals surface area contributed by atoms with Gasteiger partial charge in [-0.15, -0.1) is 0 Å². The van der Waals surface area contributed by atoms with Crippen molar-refractivity contribution in [1.82, 2.24) is 9.97 Å². The highest BCUT2D eigenvalue weighted by molar-refractivity contribution is 5.80. The fourth-order valence-electron chi connectivity index (χ4n) is 2.35. The van der Waals surface area contributed by atoms with Gasteiger partial charge in [0.2, 0.25) is 0 Å². The van der Waals surface area contributed by atoms with E-state index in [1.165, 1.54) is 0 Å². The normalized spacial score (nSPS) is 28.9. The molecule has 1 aromatic heterocycles. The van der Waals surface area contributed by atoms with Gasteiger partial charge >= 0.3 is 5.97 Å². The Morgan fingerprint density at radius 3 is 2.53 bits per heavy atom. The lowest BCUT2D eigenvalue weighted by Gasteiger charge is -2.34. The molecular weight excluding hydrogens is 218 g/mol. The summed E-state index contributed by atoms with van der Waals surface area (Å²) in [7, 11) is 0. The average Bonchev–Trinajstić information content (AvgIpc) is 2.31. The number of aliphatic carboxylic acids is 1. The molecule has 1 aliphatic rings. The molecule has 1 aliphatic carbocycles. The SMILES string of the molecule is Cc1cnc(C2(C(=O)O)CCC(N)CC2)cn1. The Labute approximate surface area is 100 Å². The Morgan fingerprint density at radius 1 is 1.41 bits per heavy atom. The minimum absolute atomic E-state index is 0.112. The van der Waals surface area contributed by atoms with Gasteiger partial charge < -0.3 is 10.8 Å². The molecule has 17 heavy (non-hydrogen) atoms. The molecule has 3 N–H and O–H groups in total. The van der Waals surface area contributed by atoms with Crippen molar-refractivity contribution in [3.05, 3.63) is 23.8 Å². The lowest BCUT2D eigenvalue weighted by Crippen LogP contribution is -2.43. The van der Waals surface area contributed by atoms with Crippen LogP contribution in [0.5, 0.6) is 0 Å². The van der Waals surface area contributed by atoms with Gasteiger partial charge in [-0.3, -0.25) is 14.8 Å². The van der Waals surface area contributed by atoms with Crippen LogP contribution < -0.4 is 5.73 Å². The van der Waals surface area contributed by atoms with Crippen LogP contribution >= 0.6 is 0 Å². The number of hydrogen-bond donors (Lipinski definition) is 2. The molecule has 0 bridgehead atoms. The van der Waals surface area contributed by atoms with Crippen molar-refractivity contribution in [3.63, 3.8) is 0 Å². The van der Waals surface area contributed by atoms with Crippen molar-refractivity contribution in [3.8, 4) is 0 Å². The largest absolute Gasteiger partial charge is 0.481 e. The molecule has 2 rings (SSSR count). The van der Waals surface area contributed by atoms with E-state index < -0.39 is 11.4 Å². The lowest BCUT2D eigenvalue weighted by molar-refractivity contribution is -0.145. The second kappa shape index (κ2) is 4.41. The van der Waals surface area contributed by atoms with Crippen LogP contribution in [0.2, 0.25) is 0 Å². The molecule has 5 heteroatoms. The highest BCUT2D eigenvalue weighted by Gasteiger charge is 2.44. The third-order valence-corrected chi connectivity index (χ3v) is 3.56. The summed E-state index contributed by atoms with van der Waals surface area (Å²) in [5, 5.41) is 9.49. The van der Waals surface area contributed by atoms with Crippen molar-refractivity contribution >= 4 is 5.97 Å². The van der Waals surface area contributed by atoms with Crippen molar-refractivity contribution in [2.45, 2.75) is 44.1 Å². The lowest BCUT2D eigenvalue weighted by atomic mass is 9.70. The Hall–Kier alpha value is -1.49. The summed E-state index contributed by atoms with van der Waals surface area (Å²) >= 11 is 0. The van der Waals surface area contributed by atoms with Crippen LogP contribution in [0.3, 0.4) is 0 Å². The molecule has 5 nitrogen and oxygen atoms in total. The van der Waals surface area contributed by atoms with E-state index in [-0.39, 0.29) is 6.04 Å². The second-order valence-electron chi connectivity index (χ2n) is 4.77. The predicted octanol–water partition coefficient (Wildman–Crippen LogP) is 1.01. The van der Waals surface area contributed by atoms with Crippen LogP contribution in [-0.4, -0.2) is 27.1 Å². The smallest absolute Gasteiger partial charge is 0.315 e. The maximum absolute atomic E-state index is 11.6. The molecule has 1 aromatic rings. The molecular formula is C12H17N3O2. The zero-order chi connectivity index (χ0) is 12.5. The first-order valence-electron chi connectivity index (χ1n) is 5.83. The predicted molar refractivity (Wildman–Crippen MR) is 62.5 cm³/mol. The summed E-state index contributed by atoms with van der Waals surface area (Å²) < 4.78 is 0. The monoisotopic (exact) mass is 235 g/mol. The van der Waals surface area contributed by atoms with Gasteiger partial charge in [-0.05, 0) is 32.6 Å². The fraction of sp³-hybridized carbons (Fsp3) is 0.583. The summed E-state index contributed by atoms with van der Waals surface area (Å²) in [6.45, 7) is 1.83. The van der Waals surface area contributed by atoms with Gasteiger partial charge in [0, 0.05) is 18.4 Å². The van der Waals surface area contributed by atoms with Gasteiger partial charge in [-0.1, -0.05) is 0 Å². The first kappa shape index (κ1) is 12.0. The molecule has 1 fully saturated rings. The molecule has 0 aliphatic heterocycles. The van der Waals surface area contributed by atoms with Crippen LogP contribution in [-0.2, 0) is 10.2 Å². The summed E-state index contributed by atoms with van der Waals surface area (Å²) in [6.07, 6.45) is 5.74. The molecule has 0 spiro atoms. The van der Waals surface area contributed by atoms with Crippen molar-refractivity contribution < 1.29 is 9.90 Å². The van der Waals surface area contributed by atoms with Crippen LogP contribution in [0.15, 0.2) is 12.4 Å². The number of aryl methyl sites for hydroxylation is 1. The zero-order valence-corrected chi connectivity index (χ0v) is 9.89. The number of nitrogens with zero attached hydrogens (tertiary/aromatic N) is 2. The van der Waals surface area contributed by atoms with Gasteiger partial charge in [0.05, 0.1) is 11.4 Å². The van der Waals surface area contributed by atoms with Crippen LogP contribution in [0, 0.1) is 6.92 Å². The van der Waals surface area contributed by atoms with E-state index >= 15 is 0 Å². The molecule has 0 unspecified atom stereocenters. The van der Waals surface area contributed by atoms with Crippen LogP contribution in [0.25, 0.3) is 0 Å². The van der Waals surface area contributed by atoms with E-state index in [4.69, 9.17) is 5.73 Å². The van der Waals surface area contributed by atoms with E-state index in [0.717, 1.165) is 18.5 Å². The maximum Gasteiger partial charge on any atom is 0.315 e. The third-order valence-electron chi connectivity index (χ3n) is 3.56. The Morgan fingerprint density at radius 2 is 2.06 bits per heavy atom. The minimum Gasteiger partial charge on any atom is -0.481 e. The highest BCUT2D eigenvalue weighted by atomic mass is 16.4. The quantitative estimate of drug-likeness (QED) is 0.798. The molecule has 0 aromatic carbocycles. The summed E-state index contributed by atoms with van der Waals surface area (Å²) in [6, 6.07) is 0.112. The highest BCUT2D eigenvalue weighted by Crippen LogP contribution is 2.38. The Kier molecular flexibility index (Phi) is 3.11. The molecule has 0 saturated heterocycles.